The lowest BCUT2D eigenvalue weighted by Crippen LogP contribution is -2.32. The molecule has 19 heavy (non-hydrogen) atoms. The van der Waals surface area contributed by atoms with Gasteiger partial charge in [0.2, 0.25) is 0 Å². The number of hydrogen-bond acceptors (Lipinski definition) is 3. The Kier molecular flexibility index (Phi) is 3.74. The second kappa shape index (κ2) is 5.49. The van der Waals surface area contributed by atoms with Crippen LogP contribution in [-0.2, 0) is 6.54 Å². The molecule has 3 heteroatoms. The van der Waals surface area contributed by atoms with Crippen LogP contribution in [0.25, 0.3) is 0 Å². The van der Waals surface area contributed by atoms with Gasteiger partial charge in [0.05, 0.1) is 5.69 Å². The minimum absolute atomic E-state index is 0.692. The summed E-state index contributed by atoms with van der Waals surface area (Å²) in [6.07, 6.45) is 6.19. The van der Waals surface area contributed by atoms with Crippen LogP contribution >= 0.6 is 0 Å². The zero-order chi connectivity index (χ0) is 13.2. The summed E-state index contributed by atoms with van der Waals surface area (Å²) in [5.41, 5.74) is 2.55. The molecule has 2 unspecified atom stereocenters. The van der Waals surface area contributed by atoms with E-state index >= 15 is 0 Å². The van der Waals surface area contributed by atoms with E-state index in [1.165, 1.54) is 37.2 Å². The van der Waals surface area contributed by atoms with E-state index in [0.717, 1.165) is 25.0 Å². The van der Waals surface area contributed by atoms with E-state index in [0.29, 0.717) is 5.92 Å². The smallest absolute Gasteiger partial charge is 0.0562 e. The molecule has 0 amide bonds. The first-order valence-electron chi connectivity index (χ1n) is 7.64. The molecule has 1 aromatic heterocycles. The normalized spacial score (nSPS) is 25.5. The molecule has 2 fully saturated rings. The SMILES string of the molecule is CC(C)CNCc1cc(N2CC3CCC2C3)ccn1. The van der Waals surface area contributed by atoms with Crippen LogP contribution in [0.3, 0.4) is 0 Å². The van der Waals surface area contributed by atoms with Gasteiger partial charge in [-0.05, 0) is 49.8 Å². The fourth-order valence-electron chi connectivity index (χ4n) is 3.47. The van der Waals surface area contributed by atoms with Crippen LogP contribution in [0.1, 0.15) is 38.8 Å². The molecule has 2 bridgehead atoms. The summed E-state index contributed by atoms with van der Waals surface area (Å²) in [5, 5.41) is 3.47. The van der Waals surface area contributed by atoms with Gasteiger partial charge in [0.15, 0.2) is 0 Å². The predicted molar refractivity (Wildman–Crippen MR) is 79.3 cm³/mol. The van der Waals surface area contributed by atoms with E-state index in [4.69, 9.17) is 0 Å². The molecule has 0 spiro atoms. The predicted octanol–water partition coefficient (Wildman–Crippen LogP) is 2.82. The summed E-state index contributed by atoms with van der Waals surface area (Å²) in [7, 11) is 0. The zero-order valence-corrected chi connectivity index (χ0v) is 12.1. The van der Waals surface area contributed by atoms with E-state index in [1.807, 2.05) is 6.20 Å². The standard InChI is InChI=1S/C16H25N3/c1-12(2)9-17-10-14-8-16(5-6-18-14)19-11-13-3-4-15(19)7-13/h5-6,8,12-13,15,17H,3-4,7,9-11H2,1-2H3. The molecule has 104 valence electrons. The van der Waals surface area contributed by atoms with Gasteiger partial charge in [-0.15, -0.1) is 0 Å². The van der Waals surface area contributed by atoms with Crippen molar-refractivity contribution < 1.29 is 0 Å². The van der Waals surface area contributed by atoms with Gasteiger partial charge in [0, 0.05) is 31.0 Å². The highest BCUT2D eigenvalue weighted by atomic mass is 15.2. The van der Waals surface area contributed by atoms with Crippen molar-refractivity contribution in [2.45, 2.75) is 45.7 Å². The molecule has 0 aromatic carbocycles. The topological polar surface area (TPSA) is 28.2 Å². The quantitative estimate of drug-likeness (QED) is 0.881. The molecule has 0 radical (unpaired) electrons. The minimum Gasteiger partial charge on any atom is -0.368 e. The Morgan fingerprint density at radius 1 is 1.42 bits per heavy atom. The lowest BCUT2D eigenvalue weighted by Gasteiger charge is -2.29. The molecule has 3 rings (SSSR count). The third-order valence-corrected chi connectivity index (χ3v) is 4.40. The van der Waals surface area contributed by atoms with Gasteiger partial charge in [0.25, 0.3) is 0 Å². The summed E-state index contributed by atoms with van der Waals surface area (Å²) >= 11 is 0. The Balaban J connectivity index is 1.63. The van der Waals surface area contributed by atoms with Crippen LogP contribution in [0.5, 0.6) is 0 Å². The summed E-state index contributed by atoms with van der Waals surface area (Å²) in [5.74, 6) is 1.64. The number of hydrogen-bond donors (Lipinski definition) is 1. The molecule has 3 nitrogen and oxygen atoms in total. The second-order valence-corrected chi connectivity index (χ2v) is 6.52. The van der Waals surface area contributed by atoms with Crippen molar-refractivity contribution in [3.63, 3.8) is 0 Å². The van der Waals surface area contributed by atoms with Crippen LogP contribution in [0.2, 0.25) is 0 Å². The van der Waals surface area contributed by atoms with Crippen molar-refractivity contribution in [2.24, 2.45) is 11.8 Å². The molecular weight excluding hydrogens is 234 g/mol. The van der Waals surface area contributed by atoms with Crippen LogP contribution in [0.15, 0.2) is 18.3 Å². The van der Waals surface area contributed by atoms with Gasteiger partial charge >= 0.3 is 0 Å². The summed E-state index contributed by atoms with van der Waals surface area (Å²) in [6.45, 7) is 7.66. The second-order valence-electron chi connectivity index (χ2n) is 6.52. The van der Waals surface area contributed by atoms with E-state index < -0.39 is 0 Å². The van der Waals surface area contributed by atoms with Crippen LogP contribution in [0.4, 0.5) is 5.69 Å². The molecule has 2 heterocycles. The number of pyridine rings is 1. The first-order valence-corrected chi connectivity index (χ1v) is 7.64. The summed E-state index contributed by atoms with van der Waals surface area (Å²) < 4.78 is 0. The fourth-order valence-corrected chi connectivity index (χ4v) is 3.47. The Morgan fingerprint density at radius 2 is 2.32 bits per heavy atom. The Bertz CT molecular complexity index is 430. The maximum absolute atomic E-state index is 4.48. The lowest BCUT2D eigenvalue weighted by molar-refractivity contribution is 0.545. The molecule has 1 aromatic rings. The molecule has 1 saturated heterocycles. The average molecular weight is 259 g/mol. The fraction of sp³-hybridized carbons (Fsp3) is 0.688. The zero-order valence-electron chi connectivity index (χ0n) is 12.1. The Morgan fingerprint density at radius 3 is 3.00 bits per heavy atom. The summed E-state index contributed by atoms with van der Waals surface area (Å²) in [4.78, 5) is 7.08. The van der Waals surface area contributed by atoms with Crippen molar-refractivity contribution in [1.82, 2.24) is 10.3 Å². The van der Waals surface area contributed by atoms with E-state index in [2.05, 4.69) is 41.2 Å². The molecule has 2 aliphatic rings. The maximum atomic E-state index is 4.48. The van der Waals surface area contributed by atoms with Crippen molar-refractivity contribution in [3.8, 4) is 0 Å². The number of nitrogens with zero attached hydrogens (tertiary/aromatic N) is 2. The maximum Gasteiger partial charge on any atom is 0.0562 e. The molecule has 1 aliphatic carbocycles. The van der Waals surface area contributed by atoms with Gasteiger partial charge in [0.1, 0.15) is 0 Å². The number of rotatable bonds is 5. The van der Waals surface area contributed by atoms with Crippen LogP contribution in [0, 0.1) is 11.8 Å². The third-order valence-electron chi connectivity index (χ3n) is 4.40. The van der Waals surface area contributed by atoms with E-state index in [1.54, 1.807) is 0 Å². The van der Waals surface area contributed by atoms with Crippen molar-refractivity contribution in [1.29, 1.82) is 0 Å². The molecule has 1 saturated carbocycles. The molecular formula is C16H25N3. The number of fused-ring (bicyclic) bond motifs is 2. The Labute approximate surface area is 116 Å². The average Bonchev–Trinajstić information content (AvgIpc) is 3.01. The van der Waals surface area contributed by atoms with Gasteiger partial charge in [-0.1, -0.05) is 13.8 Å². The van der Waals surface area contributed by atoms with Gasteiger partial charge in [-0.25, -0.2) is 0 Å². The number of aromatic nitrogens is 1. The largest absolute Gasteiger partial charge is 0.368 e. The Hall–Kier alpha value is -1.09. The first-order chi connectivity index (χ1) is 9.22. The first kappa shape index (κ1) is 12.9. The minimum atomic E-state index is 0.692. The van der Waals surface area contributed by atoms with E-state index in [9.17, 15) is 0 Å². The number of piperidine rings is 1. The third kappa shape index (κ3) is 2.92. The molecule has 1 aliphatic heterocycles. The van der Waals surface area contributed by atoms with Gasteiger partial charge in [-0.3, -0.25) is 4.98 Å². The summed E-state index contributed by atoms with van der Waals surface area (Å²) in [6, 6.07) is 5.24. The molecule has 2 atom stereocenters. The van der Waals surface area contributed by atoms with Crippen LogP contribution < -0.4 is 10.2 Å². The number of anilines is 1. The van der Waals surface area contributed by atoms with Crippen molar-refractivity contribution >= 4 is 5.69 Å². The van der Waals surface area contributed by atoms with E-state index in [-0.39, 0.29) is 0 Å². The highest BCUT2D eigenvalue weighted by Gasteiger charge is 2.37. The number of nitrogens with one attached hydrogen (secondary N) is 1. The molecule has 1 N–H and O–H groups in total. The van der Waals surface area contributed by atoms with Crippen molar-refractivity contribution in [2.75, 3.05) is 18.0 Å². The van der Waals surface area contributed by atoms with Gasteiger partial charge < -0.3 is 10.2 Å². The highest BCUT2D eigenvalue weighted by molar-refractivity contribution is 5.49. The monoisotopic (exact) mass is 259 g/mol. The highest BCUT2D eigenvalue weighted by Crippen LogP contribution is 2.40. The van der Waals surface area contributed by atoms with Crippen molar-refractivity contribution in [3.05, 3.63) is 24.0 Å². The van der Waals surface area contributed by atoms with Gasteiger partial charge in [-0.2, -0.15) is 0 Å². The lowest BCUT2D eigenvalue weighted by atomic mass is 10.1. The van der Waals surface area contributed by atoms with Crippen LogP contribution in [-0.4, -0.2) is 24.1 Å².